The number of hydrogen-bond donors (Lipinski definition) is 0. The highest BCUT2D eigenvalue weighted by atomic mass is 16.5. The van der Waals surface area contributed by atoms with Gasteiger partial charge in [-0.2, -0.15) is 0 Å². The molecule has 0 atom stereocenters. The Hall–Kier alpha value is -5.73. The van der Waals surface area contributed by atoms with Gasteiger partial charge in [0.25, 0.3) is 0 Å². The van der Waals surface area contributed by atoms with Crippen molar-refractivity contribution in [2.75, 3.05) is 0 Å². The Morgan fingerprint density at radius 1 is 0.419 bits per heavy atom. The van der Waals surface area contributed by atoms with Gasteiger partial charge in [0.2, 0.25) is 0 Å². The van der Waals surface area contributed by atoms with Crippen molar-refractivity contribution < 1.29 is 4.74 Å². The Morgan fingerprint density at radius 2 is 1.19 bits per heavy atom. The first-order chi connectivity index (χ1) is 21.3. The maximum atomic E-state index is 6.70. The zero-order valence-electron chi connectivity index (χ0n) is 23.3. The largest absolute Gasteiger partial charge is 0.456 e. The molecule has 9 rings (SSSR count). The summed E-state index contributed by atoms with van der Waals surface area (Å²) >= 11 is 0. The third-order valence-corrected chi connectivity index (χ3v) is 8.72. The van der Waals surface area contributed by atoms with Crippen LogP contribution in [-0.4, -0.2) is 4.98 Å². The fourth-order valence-corrected chi connectivity index (χ4v) is 6.71. The normalized spacial score (nSPS) is 11.9. The van der Waals surface area contributed by atoms with Crippen LogP contribution >= 0.6 is 0 Å². The van der Waals surface area contributed by atoms with Gasteiger partial charge in [-0.05, 0) is 91.1 Å². The Kier molecular flexibility index (Phi) is 5.23. The van der Waals surface area contributed by atoms with Crippen molar-refractivity contribution in [2.24, 2.45) is 0 Å². The summed E-state index contributed by atoms with van der Waals surface area (Å²) in [6, 6.07) is 49.8. The van der Waals surface area contributed by atoms with Crippen LogP contribution in [0.3, 0.4) is 0 Å². The molecule has 0 saturated heterocycles. The number of rotatable bonds is 3. The SMILES string of the molecule is c1ccc(-c2ccc3c(c2)Oc2cccc4c2c-3c(-c2cccnc2)c2ccc(-c3ccc5ccccc5c3)cc24)cc1. The molecule has 0 N–H and O–H groups in total. The molecule has 0 spiro atoms. The molecule has 7 aromatic carbocycles. The molecule has 2 heterocycles. The number of ether oxygens (including phenoxy) is 1. The molecule has 2 heteroatoms. The number of pyridine rings is 1. The van der Waals surface area contributed by atoms with Crippen molar-refractivity contribution >= 4 is 32.3 Å². The lowest BCUT2D eigenvalue weighted by atomic mass is 9.82. The van der Waals surface area contributed by atoms with E-state index in [1.54, 1.807) is 0 Å². The molecule has 1 aliphatic heterocycles. The van der Waals surface area contributed by atoms with Gasteiger partial charge >= 0.3 is 0 Å². The van der Waals surface area contributed by atoms with Crippen molar-refractivity contribution in [3.63, 3.8) is 0 Å². The molecule has 0 fully saturated rings. The minimum atomic E-state index is 0.874. The van der Waals surface area contributed by atoms with Crippen LogP contribution in [0.5, 0.6) is 11.5 Å². The van der Waals surface area contributed by atoms with Crippen molar-refractivity contribution in [2.45, 2.75) is 0 Å². The topological polar surface area (TPSA) is 22.1 Å². The van der Waals surface area contributed by atoms with Gasteiger partial charge in [-0.25, -0.2) is 0 Å². The minimum Gasteiger partial charge on any atom is -0.456 e. The summed E-state index contributed by atoms with van der Waals surface area (Å²) in [7, 11) is 0. The third kappa shape index (κ3) is 3.77. The van der Waals surface area contributed by atoms with Crippen molar-refractivity contribution in [1.82, 2.24) is 4.98 Å². The molecule has 1 aliphatic rings. The van der Waals surface area contributed by atoms with Gasteiger partial charge < -0.3 is 4.74 Å². The van der Waals surface area contributed by atoms with E-state index in [9.17, 15) is 0 Å². The molecule has 0 aliphatic carbocycles. The number of nitrogens with zero attached hydrogens (tertiary/aromatic N) is 1. The average molecular weight is 548 g/mol. The van der Waals surface area contributed by atoms with E-state index in [1.807, 2.05) is 24.5 Å². The summed E-state index contributed by atoms with van der Waals surface area (Å²) in [6.45, 7) is 0. The lowest BCUT2D eigenvalue weighted by molar-refractivity contribution is 0.487. The minimum absolute atomic E-state index is 0.874. The monoisotopic (exact) mass is 547 g/mol. The Balaban J connectivity index is 1.35. The molecule has 0 unspecified atom stereocenters. The second-order valence-corrected chi connectivity index (χ2v) is 11.2. The maximum absolute atomic E-state index is 6.70. The standard InChI is InChI=1S/C41H25NO/c1-2-8-26(9-3-1)31-18-20-35-38(24-31)43-37-14-6-13-33-36-23-30(29-16-15-27-10-4-5-11-28(27)22-29)17-19-34(36)39(41(35)40(33)37)32-12-7-21-42-25-32/h1-25H. The summed E-state index contributed by atoms with van der Waals surface area (Å²) in [5, 5.41) is 7.24. The van der Waals surface area contributed by atoms with E-state index in [2.05, 4.69) is 132 Å². The first kappa shape index (κ1) is 23.9. The van der Waals surface area contributed by atoms with E-state index < -0.39 is 0 Å². The highest BCUT2D eigenvalue weighted by Crippen LogP contribution is 2.54. The smallest absolute Gasteiger partial charge is 0.135 e. The van der Waals surface area contributed by atoms with E-state index in [1.165, 1.54) is 54.7 Å². The van der Waals surface area contributed by atoms with Crippen LogP contribution in [0.15, 0.2) is 152 Å². The summed E-state index contributed by atoms with van der Waals surface area (Å²) in [4.78, 5) is 4.54. The molecule has 0 bridgehead atoms. The van der Waals surface area contributed by atoms with Crippen LogP contribution in [-0.2, 0) is 0 Å². The predicted octanol–water partition coefficient (Wildman–Crippen LogP) is 11.3. The van der Waals surface area contributed by atoms with Gasteiger partial charge in [0.05, 0.1) is 0 Å². The Labute approximate surface area is 249 Å². The lowest BCUT2D eigenvalue weighted by Gasteiger charge is -2.26. The maximum Gasteiger partial charge on any atom is 0.135 e. The molecule has 8 aromatic rings. The van der Waals surface area contributed by atoms with E-state index in [0.29, 0.717) is 0 Å². The lowest BCUT2D eigenvalue weighted by Crippen LogP contribution is -2.01. The first-order valence-electron chi connectivity index (χ1n) is 14.6. The van der Waals surface area contributed by atoms with Crippen LogP contribution < -0.4 is 4.74 Å². The predicted molar refractivity (Wildman–Crippen MR) is 179 cm³/mol. The fourth-order valence-electron chi connectivity index (χ4n) is 6.71. The number of benzene rings is 7. The Morgan fingerprint density at radius 3 is 2.07 bits per heavy atom. The summed E-state index contributed by atoms with van der Waals surface area (Å²) in [6.07, 6.45) is 3.81. The molecular weight excluding hydrogens is 522 g/mol. The first-order valence-corrected chi connectivity index (χ1v) is 14.6. The zero-order valence-corrected chi connectivity index (χ0v) is 23.3. The molecule has 1 aromatic heterocycles. The van der Waals surface area contributed by atoms with Crippen LogP contribution in [0.1, 0.15) is 0 Å². The zero-order chi connectivity index (χ0) is 28.3. The quantitative estimate of drug-likeness (QED) is 0.205. The molecule has 200 valence electrons. The van der Waals surface area contributed by atoms with Crippen molar-refractivity contribution in [3.05, 3.63) is 152 Å². The second-order valence-electron chi connectivity index (χ2n) is 11.2. The van der Waals surface area contributed by atoms with Gasteiger partial charge in [-0.15, -0.1) is 0 Å². The van der Waals surface area contributed by atoms with Gasteiger partial charge in [-0.3, -0.25) is 4.98 Å². The summed E-state index contributed by atoms with van der Waals surface area (Å²) < 4.78 is 6.70. The molecule has 43 heavy (non-hydrogen) atoms. The highest BCUT2D eigenvalue weighted by Gasteiger charge is 2.27. The molecule has 0 radical (unpaired) electrons. The highest BCUT2D eigenvalue weighted by molar-refractivity contribution is 6.24. The van der Waals surface area contributed by atoms with Crippen molar-refractivity contribution in [3.8, 4) is 56.0 Å². The van der Waals surface area contributed by atoms with Gasteiger partial charge in [0.15, 0.2) is 0 Å². The van der Waals surface area contributed by atoms with Gasteiger partial charge in [-0.1, -0.05) is 103 Å². The van der Waals surface area contributed by atoms with E-state index >= 15 is 0 Å². The Bertz CT molecular complexity index is 2360. The van der Waals surface area contributed by atoms with Gasteiger partial charge in [0, 0.05) is 34.5 Å². The van der Waals surface area contributed by atoms with Gasteiger partial charge in [0.1, 0.15) is 11.5 Å². The van der Waals surface area contributed by atoms with E-state index in [-0.39, 0.29) is 0 Å². The molecule has 0 amide bonds. The number of fused-ring (bicyclic) bond motifs is 5. The van der Waals surface area contributed by atoms with Crippen LogP contribution in [0.2, 0.25) is 0 Å². The molecule has 0 saturated carbocycles. The average Bonchev–Trinajstić information content (AvgIpc) is 3.08. The van der Waals surface area contributed by atoms with Crippen LogP contribution in [0, 0.1) is 0 Å². The fraction of sp³-hybridized carbons (Fsp3) is 0. The van der Waals surface area contributed by atoms with Crippen molar-refractivity contribution in [1.29, 1.82) is 0 Å². The van der Waals surface area contributed by atoms with Crippen LogP contribution in [0.4, 0.5) is 0 Å². The summed E-state index contributed by atoms with van der Waals surface area (Å²) in [5.41, 5.74) is 9.29. The molecular formula is C41H25NO. The van der Waals surface area contributed by atoms with E-state index in [4.69, 9.17) is 4.74 Å². The third-order valence-electron chi connectivity index (χ3n) is 8.72. The number of hydrogen-bond acceptors (Lipinski definition) is 2. The van der Waals surface area contributed by atoms with E-state index in [0.717, 1.165) is 33.6 Å². The number of aromatic nitrogens is 1. The summed E-state index contributed by atoms with van der Waals surface area (Å²) in [5.74, 6) is 1.76. The molecule has 2 nitrogen and oxygen atoms in total. The second kappa shape index (κ2) is 9.40. The van der Waals surface area contributed by atoms with Crippen LogP contribution in [0.25, 0.3) is 76.8 Å².